The van der Waals surface area contributed by atoms with E-state index in [1.165, 1.54) is 13.2 Å². The Labute approximate surface area is 175 Å². The minimum atomic E-state index is -0.342. The van der Waals surface area contributed by atoms with Crippen molar-refractivity contribution in [3.8, 4) is 11.5 Å². The third-order valence-corrected chi connectivity index (χ3v) is 4.18. The first-order valence-electron chi connectivity index (χ1n) is 9.26. The van der Waals surface area contributed by atoms with Crippen LogP contribution in [0, 0.1) is 0 Å². The fraction of sp³-hybridized carbons (Fsp3) is 0.0952. The van der Waals surface area contributed by atoms with Crippen molar-refractivity contribution in [3.63, 3.8) is 0 Å². The summed E-state index contributed by atoms with van der Waals surface area (Å²) in [6, 6.07) is 17.3. The lowest BCUT2D eigenvalue weighted by molar-refractivity contribution is 0.0958. The number of carbonyl (C=O) groups is 2. The summed E-state index contributed by atoms with van der Waals surface area (Å²) in [7, 11) is 5.45. The predicted molar refractivity (Wildman–Crippen MR) is 120 cm³/mol. The summed E-state index contributed by atoms with van der Waals surface area (Å²) in [5.41, 5.74) is 2.63. The highest BCUT2D eigenvalue weighted by molar-refractivity contribution is 6.17. The van der Waals surface area contributed by atoms with Gasteiger partial charge in [-0.2, -0.15) is 0 Å². The molecule has 0 aliphatic rings. The molecule has 30 heavy (non-hydrogen) atoms. The van der Waals surface area contributed by atoms with E-state index in [2.05, 4.69) is 20.9 Å². The molecule has 0 radical (unpaired) electrons. The van der Waals surface area contributed by atoms with Gasteiger partial charge >= 0.3 is 6.03 Å². The third-order valence-electron chi connectivity index (χ3n) is 4.18. The van der Waals surface area contributed by atoms with E-state index in [0.29, 0.717) is 22.9 Å². The van der Waals surface area contributed by atoms with Crippen molar-refractivity contribution < 1.29 is 14.3 Å². The number of carbonyl (C=O) groups excluding carboxylic acids is 2. The standard InChI is InChI=1S/C21H22BN5O3/c1-23-20(28)19-13-18(11-12-24-19)30-17-9-5-15(6-10-17)26-21(29)25-14-3-7-16(8-4-14)27(2)22/h3-13H,22H2,1-2H3,(H,23,28)(H2,25,26,29). The second kappa shape index (κ2) is 9.46. The van der Waals surface area contributed by atoms with E-state index < -0.39 is 0 Å². The van der Waals surface area contributed by atoms with E-state index in [1.807, 2.05) is 44.1 Å². The van der Waals surface area contributed by atoms with E-state index in [1.54, 1.807) is 36.4 Å². The Kier molecular flexibility index (Phi) is 6.54. The molecule has 0 aliphatic carbocycles. The SMILES string of the molecule is BN(C)c1ccc(NC(=O)Nc2ccc(Oc3ccnc(C(=O)NC)c3)cc2)cc1. The molecule has 0 saturated carbocycles. The van der Waals surface area contributed by atoms with Crippen LogP contribution in [0.2, 0.25) is 0 Å². The van der Waals surface area contributed by atoms with Gasteiger partial charge in [-0.3, -0.25) is 9.78 Å². The van der Waals surface area contributed by atoms with Crippen molar-refractivity contribution in [1.82, 2.24) is 10.3 Å². The van der Waals surface area contributed by atoms with Crippen LogP contribution in [0.15, 0.2) is 66.9 Å². The van der Waals surface area contributed by atoms with E-state index >= 15 is 0 Å². The number of rotatable bonds is 6. The third kappa shape index (κ3) is 5.51. The van der Waals surface area contributed by atoms with Crippen LogP contribution in [0.1, 0.15) is 10.5 Å². The summed E-state index contributed by atoms with van der Waals surface area (Å²) in [4.78, 5) is 29.8. The van der Waals surface area contributed by atoms with Crippen LogP contribution in [0.5, 0.6) is 11.5 Å². The number of anilines is 3. The molecule has 0 aliphatic heterocycles. The normalized spacial score (nSPS) is 10.1. The first kappa shape index (κ1) is 20.7. The van der Waals surface area contributed by atoms with E-state index in [4.69, 9.17) is 4.74 Å². The number of ether oxygens (including phenoxy) is 1. The number of urea groups is 1. The molecule has 3 aromatic rings. The molecule has 9 heteroatoms. The van der Waals surface area contributed by atoms with Gasteiger partial charge in [0.25, 0.3) is 5.91 Å². The van der Waals surface area contributed by atoms with Crippen molar-refractivity contribution in [2.45, 2.75) is 0 Å². The van der Waals surface area contributed by atoms with Crippen molar-refractivity contribution in [2.75, 3.05) is 29.5 Å². The van der Waals surface area contributed by atoms with Gasteiger partial charge in [-0.15, -0.1) is 0 Å². The first-order valence-corrected chi connectivity index (χ1v) is 9.26. The number of pyridine rings is 1. The summed E-state index contributed by atoms with van der Waals surface area (Å²) < 4.78 is 5.75. The zero-order valence-electron chi connectivity index (χ0n) is 17.0. The van der Waals surface area contributed by atoms with Crippen LogP contribution in [-0.2, 0) is 0 Å². The van der Waals surface area contributed by atoms with Crippen LogP contribution in [0.4, 0.5) is 21.9 Å². The van der Waals surface area contributed by atoms with Gasteiger partial charge in [-0.25, -0.2) is 4.79 Å². The molecule has 3 rings (SSSR count). The number of hydrogen-bond donors (Lipinski definition) is 3. The number of nitrogens with one attached hydrogen (secondary N) is 3. The van der Waals surface area contributed by atoms with Gasteiger partial charge in [0.1, 0.15) is 17.2 Å². The molecule has 3 amide bonds. The molecule has 1 aromatic heterocycles. The van der Waals surface area contributed by atoms with E-state index in [0.717, 1.165) is 5.69 Å². The maximum absolute atomic E-state index is 12.2. The van der Waals surface area contributed by atoms with Crippen molar-refractivity contribution >= 4 is 37.0 Å². The van der Waals surface area contributed by atoms with Gasteiger partial charge in [-0.1, -0.05) is 0 Å². The predicted octanol–water partition coefficient (Wildman–Crippen LogP) is 2.86. The molecule has 2 aromatic carbocycles. The molecule has 3 N–H and O–H groups in total. The number of benzene rings is 2. The average molecular weight is 403 g/mol. The fourth-order valence-electron chi connectivity index (χ4n) is 2.61. The summed E-state index contributed by atoms with van der Waals surface area (Å²) in [5, 5.41) is 8.08. The monoisotopic (exact) mass is 403 g/mol. The van der Waals surface area contributed by atoms with E-state index in [-0.39, 0.29) is 17.6 Å². The highest BCUT2D eigenvalue weighted by Gasteiger charge is 2.07. The van der Waals surface area contributed by atoms with Crippen molar-refractivity contribution in [2.24, 2.45) is 0 Å². The van der Waals surface area contributed by atoms with Gasteiger partial charge in [0, 0.05) is 36.4 Å². The lowest BCUT2D eigenvalue weighted by Crippen LogP contribution is -2.19. The lowest BCUT2D eigenvalue weighted by Gasteiger charge is -2.14. The molecular weight excluding hydrogens is 381 g/mol. The Hall–Kier alpha value is -4.01. The highest BCUT2D eigenvalue weighted by Crippen LogP contribution is 2.23. The van der Waals surface area contributed by atoms with E-state index in [9.17, 15) is 9.59 Å². The largest absolute Gasteiger partial charge is 0.457 e. The van der Waals surface area contributed by atoms with Crippen molar-refractivity contribution in [1.29, 1.82) is 0 Å². The fourth-order valence-corrected chi connectivity index (χ4v) is 2.61. The summed E-state index contributed by atoms with van der Waals surface area (Å²) >= 11 is 0. The molecule has 0 spiro atoms. The average Bonchev–Trinajstić information content (AvgIpc) is 2.75. The molecule has 0 unspecified atom stereocenters. The second-order valence-corrected chi connectivity index (χ2v) is 6.60. The first-order chi connectivity index (χ1) is 14.4. The van der Waals surface area contributed by atoms with Crippen molar-refractivity contribution in [3.05, 3.63) is 72.6 Å². The Balaban J connectivity index is 1.57. The molecule has 0 fully saturated rings. The van der Waals surface area contributed by atoms with Crippen LogP contribution in [0.25, 0.3) is 0 Å². The Morgan fingerprint density at radius 1 is 0.933 bits per heavy atom. The molecule has 0 bridgehead atoms. The highest BCUT2D eigenvalue weighted by atomic mass is 16.5. The maximum atomic E-state index is 12.2. The van der Waals surface area contributed by atoms with Crippen LogP contribution < -0.4 is 25.5 Å². The lowest BCUT2D eigenvalue weighted by atomic mass is 10.2. The van der Waals surface area contributed by atoms with Gasteiger partial charge in [0.05, 0.1) is 0 Å². The topological polar surface area (TPSA) is 95.6 Å². The Morgan fingerprint density at radius 3 is 2.10 bits per heavy atom. The molecular formula is C21H22BN5O3. The smallest absolute Gasteiger partial charge is 0.323 e. The minimum absolute atomic E-state index is 0.267. The zero-order chi connectivity index (χ0) is 21.5. The zero-order valence-corrected chi connectivity index (χ0v) is 17.0. The number of hydrogen-bond acceptors (Lipinski definition) is 5. The Bertz CT molecular complexity index is 1020. The maximum Gasteiger partial charge on any atom is 0.323 e. The molecule has 8 nitrogen and oxygen atoms in total. The van der Waals surface area contributed by atoms with Crippen LogP contribution in [-0.4, -0.2) is 39.0 Å². The van der Waals surface area contributed by atoms with Gasteiger partial charge in [-0.05, 0) is 61.6 Å². The molecule has 152 valence electrons. The second-order valence-electron chi connectivity index (χ2n) is 6.60. The summed E-state index contributed by atoms with van der Waals surface area (Å²) in [6.07, 6.45) is 1.51. The quantitative estimate of drug-likeness (QED) is 0.550. The minimum Gasteiger partial charge on any atom is -0.457 e. The molecule has 1 heterocycles. The van der Waals surface area contributed by atoms with Gasteiger partial charge < -0.3 is 25.5 Å². The van der Waals surface area contributed by atoms with Crippen LogP contribution in [0.3, 0.4) is 0 Å². The number of aromatic nitrogens is 1. The summed E-state index contributed by atoms with van der Waals surface area (Å²) in [6.45, 7) is 0. The van der Waals surface area contributed by atoms with Crippen LogP contribution >= 0.6 is 0 Å². The summed E-state index contributed by atoms with van der Waals surface area (Å²) in [5.74, 6) is 0.764. The Morgan fingerprint density at radius 2 is 1.53 bits per heavy atom. The molecule has 0 saturated heterocycles. The molecule has 0 atom stereocenters. The number of amides is 3. The van der Waals surface area contributed by atoms with Gasteiger partial charge in [0.2, 0.25) is 7.98 Å². The number of nitrogens with zero attached hydrogens (tertiary/aromatic N) is 2. The van der Waals surface area contributed by atoms with Gasteiger partial charge in [0.15, 0.2) is 0 Å².